The summed E-state index contributed by atoms with van der Waals surface area (Å²) < 4.78 is 0. The smallest absolute Gasteiger partial charge is 0.227 e. The molecule has 1 aromatic rings. The van der Waals surface area contributed by atoms with E-state index in [4.69, 9.17) is 5.73 Å². The number of thiophene rings is 1. The second kappa shape index (κ2) is 5.49. The molecule has 0 aromatic carbocycles. The third kappa shape index (κ3) is 3.19. The molecule has 1 amide bonds. The van der Waals surface area contributed by atoms with Crippen LogP contribution in [0.2, 0.25) is 0 Å². The van der Waals surface area contributed by atoms with Gasteiger partial charge in [0.25, 0.3) is 0 Å². The molecule has 0 bridgehead atoms. The Bertz CT molecular complexity index is 315. The lowest BCUT2D eigenvalue weighted by atomic mass is 10.2. The molecule has 3 nitrogen and oxygen atoms in total. The van der Waals surface area contributed by atoms with Crippen molar-refractivity contribution in [1.82, 2.24) is 4.90 Å². The molecular formula is C10H15ClN2OS. The lowest BCUT2D eigenvalue weighted by Crippen LogP contribution is -2.32. The first kappa shape index (κ1) is 12.5. The molecule has 1 aromatic heterocycles. The molecule has 0 radical (unpaired) electrons. The van der Waals surface area contributed by atoms with Crippen LogP contribution in [0.25, 0.3) is 0 Å². The van der Waals surface area contributed by atoms with Gasteiger partial charge in [0.15, 0.2) is 0 Å². The molecule has 84 valence electrons. The summed E-state index contributed by atoms with van der Waals surface area (Å²) in [6, 6.07) is 2.18. The number of likely N-dealkylation sites (tertiary alicyclic amines) is 1. The van der Waals surface area contributed by atoms with Crippen molar-refractivity contribution in [3.63, 3.8) is 0 Å². The monoisotopic (exact) mass is 246 g/mol. The maximum Gasteiger partial charge on any atom is 0.227 e. The van der Waals surface area contributed by atoms with Crippen LogP contribution in [0, 0.1) is 0 Å². The number of nitrogens with two attached hydrogens (primary N) is 1. The molecule has 2 rings (SSSR count). The van der Waals surface area contributed by atoms with Crippen LogP contribution in [-0.2, 0) is 11.2 Å². The first-order chi connectivity index (χ1) is 6.75. The van der Waals surface area contributed by atoms with E-state index in [2.05, 4.69) is 0 Å². The standard InChI is InChI=1S/C10H14N2OS.ClH/c11-9-1-3-12(6-9)10(13)5-8-2-4-14-7-8;/h2,4,7,9H,1,3,5-6,11H2;1H. The van der Waals surface area contributed by atoms with E-state index in [1.165, 1.54) is 0 Å². The number of halogens is 1. The number of carbonyl (C=O) groups is 1. The van der Waals surface area contributed by atoms with Gasteiger partial charge >= 0.3 is 0 Å². The van der Waals surface area contributed by atoms with Gasteiger partial charge in [0.1, 0.15) is 0 Å². The first-order valence-corrected chi connectivity index (χ1v) is 5.74. The molecule has 5 heteroatoms. The van der Waals surface area contributed by atoms with Crippen molar-refractivity contribution < 1.29 is 4.79 Å². The first-order valence-electron chi connectivity index (χ1n) is 4.80. The van der Waals surface area contributed by atoms with Crippen molar-refractivity contribution in [2.75, 3.05) is 13.1 Å². The molecule has 0 spiro atoms. The molecule has 0 aliphatic carbocycles. The lowest BCUT2D eigenvalue weighted by Gasteiger charge is -2.14. The molecule has 0 saturated carbocycles. The van der Waals surface area contributed by atoms with Crippen molar-refractivity contribution in [3.8, 4) is 0 Å². The van der Waals surface area contributed by atoms with Gasteiger partial charge in [-0.25, -0.2) is 0 Å². The highest BCUT2D eigenvalue weighted by Crippen LogP contribution is 2.12. The van der Waals surface area contributed by atoms with Gasteiger partial charge in [-0.1, -0.05) is 0 Å². The highest BCUT2D eigenvalue weighted by molar-refractivity contribution is 7.07. The summed E-state index contributed by atoms with van der Waals surface area (Å²) >= 11 is 1.63. The van der Waals surface area contributed by atoms with Crippen molar-refractivity contribution >= 4 is 29.7 Å². The van der Waals surface area contributed by atoms with E-state index in [9.17, 15) is 4.79 Å². The summed E-state index contributed by atoms with van der Waals surface area (Å²) in [4.78, 5) is 13.6. The summed E-state index contributed by atoms with van der Waals surface area (Å²) in [6.07, 6.45) is 1.46. The van der Waals surface area contributed by atoms with E-state index < -0.39 is 0 Å². The normalized spacial score (nSPS) is 20.1. The Hall–Kier alpha value is -0.580. The maximum atomic E-state index is 11.7. The van der Waals surface area contributed by atoms with Gasteiger partial charge in [0.05, 0.1) is 6.42 Å². The molecule has 15 heavy (non-hydrogen) atoms. The summed E-state index contributed by atoms with van der Waals surface area (Å²) in [7, 11) is 0. The van der Waals surface area contributed by atoms with Gasteiger partial charge in [0, 0.05) is 19.1 Å². The van der Waals surface area contributed by atoms with Gasteiger partial charge in [-0.05, 0) is 28.8 Å². The van der Waals surface area contributed by atoms with Crippen molar-refractivity contribution in [1.29, 1.82) is 0 Å². The van der Waals surface area contributed by atoms with E-state index in [1.54, 1.807) is 11.3 Å². The Morgan fingerprint density at radius 2 is 2.47 bits per heavy atom. The Morgan fingerprint density at radius 1 is 1.67 bits per heavy atom. The van der Waals surface area contributed by atoms with E-state index >= 15 is 0 Å². The summed E-state index contributed by atoms with van der Waals surface area (Å²) in [5.41, 5.74) is 6.86. The highest BCUT2D eigenvalue weighted by Gasteiger charge is 2.23. The minimum atomic E-state index is 0. The second-order valence-corrected chi connectivity index (χ2v) is 4.48. The average molecular weight is 247 g/mol. The number of amides is 1. The van der Waals surface area contributed by atoms with Crippen molar-refractivity contribution in [2.45, 2.75) is 18.9 Å². The Morgan fingerprint density at radius 3 is 3.00 bits per heavy atom. The minimum absolute atomic E-state index is 0. The molecule has 2 N–H and O–H groups in total. The largest absolute Gasteiger partial charge is 0.341 e. The number of nitrogens with zero attached hydrogens (tertiary/aromatic N) is 1. The molecular weight excluding hydrogens is 232 g/mol. The minimum Gasteiger partial charge on any atom is -0.341 e. The fourth-order valence-electron chi connectivity index (χ4n) is 1.69. The van der Waals surface area contributed by atoms with Gasteiger partial charge < -0.3 is 10.6 Å². The van der Waals surface area contributed by atoms with Crippen LogP contribution in [0.5, 0.6) is 0 Å². The quantitative estimate of drug-likeness (QED) is 0.855. The van der Waals surface area contributed by atoms with Gasteiger partial charge in [0.2, 0.25) is 5.91 Å². The number of carbonyl (C=O) groups excluding carboxylic acids is 1. The van der Waals surface area contributed by atoms with Gasteiger partial charge in [-0.15, -0.1) is 12.4 Å². The Kier molecular flexibility index (Phi) is 4.57. The maximum absolute atomic E-state index is 11.7. The number of hydrogen-bond donors (Lipinski definition) is 1. The zero-order valence-electron chi connectivity index (χ0n) is 8.39. The zero-order valence-corrected chi connectivity index (χ0v) is 10.0. The molecule has 2 heterocycles. The summed E-state index contributed by atoms with van der Waals surface area (Å²) in [5, 5.41) is 4.02. The van der Waals surface area contributed by atoms with Crippen LogP contribution < -0.4 is 5.73 Å². The van der Waals surface area contributed by atoms with Crippen LogP contribution >= 0.6 is 23.7 Å². The SMILES string of the molecule is Cl.NC1CCN(C(=O)Cc2ccsc2)C1. The fourth-order valence-corrected chi connectivity index (χ4v) is 2.36. The highest BCUT2D eigenvalue weighted by atomic mass is 35.5. The topological polar surface area (TPSA) is 46.3 Å². The van der Waals surface area contributed by atoms with Gasteiger partial charge in [-0.3, -0.25) is 4.79 Å². The molecule has 1 saturated heterocycles. The predicted octanol–water partition coefficient (Wildman–Crippen LogP) is 1.27. The van der Waals surface area contributed by atoms with E-state index in [-0.39, 0.29) is 24.4 Å². The molecule has 1 atom stereocenters. The molecule has 1 unspecified atom stereocenters. The zero-order chi connectivity index (χ0) is 9.97. The molecule has 1 aliphatic rings. The molecule has 1 fully saturated rings. The van der Waals surface area contributed by atoms with E-state index in [1.807, 2.05) is 21.7 Å². The van der Waals surface area contributed by atoms with E-state index in [0.29, 0.717) is 6.42 Å². The summed E-state index contributed by atoms with van der Waals surface area (Å²) in [6.45, 7) is 1.55. The van der Waals surface area contributed by atoms with Gasteiger partial charge in [-0.2, -0.15) is 11.3 Å². The fraction of sp³-hybridized carbons (Fsp3) is 0.500. The van der Waals surface area contributed by atoms with E-state index in [0.717, 1.165) is 25.1 Å². The summed E-state index contributed by atoms with van der Waals surface area (Å²) in [5.74, 6) is 0.205. The van der Waals surface area contributed by atoms with Crippen LogP contribution in [0.4, 0.5) is 0 Å². The van der Waals surface area contributed by atoms with Crippen LogP contribution in [0.15, 0.2) is 16.8 Å². The van der Waals surface area contributed by atoms with Crippen molar-refractivity contribution in [2.24, 2.45) is 5.73 Å². The molecule has 1 aliphatic heterocycles. The Balaban J connectivity index is 0.00000112. The second-order valence-electron chi connectivity index (χ2n) is 3.70. The predicted molar refractivity (Wildman–Crippen MR) is 64.4 cm³/mol. The van der Waals surface area contributed by atoms with Crippen LogP contribution in [0.1, 0.15) is 12.0 Å². The third-order valence-electron chi connectivity index (χ3n) is 2.51. The third-order valence-corrected chi connectivity index (χ3v) is 3.24. The number of rotatable bonds is 2. The average Bonchev–Trinajstić information content (AvgIpc) is 2.75. The van der Waals surface area contributed by atoms with Crippen LogP contribution in [0.3, 0.4) is 0 Å². The lowest BCUT2D eigenvalue weighted by molar-refractivity contribution is -0.129. The Labute approximate surface area is 99.7 Å². The number of hydrogen-bond acceptors (Lipinski definition) is 3. The van der Waals surface area contributed by atoms with Crippen molar-refractivity contribution in [3.05, 3.63) is 22.4 Å². The van der Waals surface area contributed by atoms with Crippen LogP contribution in [-0.4, -0.2) is 29.9 Å².